The van der Waals surface area contributed by atoms with Gasteiger partial charge in [0, 0.05) is 18.2 Å². The highest BCUT2D eigenvalue weighted by Gasteiger charge is 2.30. The van der Waals surface area contributed by atoms with E-state index in [4.69, 9.17) is 13.9 Å². The van der Waals surface area contributed by atoms with Gasteiger partial charge < -0.3 is 19.2 Å². The molecule has 0 unspecified atom stereocenters. The second-order valence-corrected chi connectivity index (χ2v) is 8.47. The summed E-state index contributed by atoms with van der Waals surface area (Å²) in [5, 5.41) is 2.94. The first kappa shape index (κ1) is 19.3. The van der Waals surface area contributed by atoms with Gasteiger partial charge in [-0.25, -0.2) is 8.42 Å². The van der Waals surface area contributed by atoms with Crippen LogP contribution < -0.4 is 14.8 Å². The van der Waals surface area contributed by atoms with E-state index < -0.39 is 9.84 Å². The summed E-state index contributed by atoms with van der Waals surface area (Å²) in [6.07, 6.45) is 1.85. The molecule has 29 heavy (non-hydrogen) atoms. The maximum Gasteiger partial charge on any atom is 0.233 e. The van der Waals surface area contributed by atoms with Gasteiger partial charge in [-0.05, 0) is 30.7 Å². The maximum absolute atomic E-state index is 13.4. The Kier molecular flexibility index (Phi) is 5.44. The van der Waals surface area contributed by atoms with Crippen molar-refractivity contribution in [1.29, 1.82) is 0 Å². The minimum atomic E-state index is -3.93. The molecule has 8 heteroatoms. The number of fused-ring (bicyclic) bond motifs is 1. The zero-order chi connectivity index (χ0) is 20.3. The Morgan fingerprint density at radius 3 is 2.55 bits per heavy atom. The Labute approximate surface area is 169 Å². The van der Waals surface area contributed by atoms with Crippen molar-refractivity contribution in [1.82, 2.24) is 4.98 Å². The number of nitrogens with zero attached hydrogens (tertiary/aromatic N) is 1. The predicted octanol–water partition coefficient (Wildman–Crippen LogP) is 4.16. The molecule has 0 spiro atoms. The summed E-state index contributed by atoms with van der Waals surface area (Å²) < 4.78 is 43.5. The van der Waals surface area contributed by atoms with Crippen LogP contribution in [0.15, 0.2) is 62.9 Å². The van der Waals surface area contributed by atoms with Gasteiger partial charge in [0.25, 0.3) is 0 Å². The molecule has 1 aliphatic rings. The van der Waals surface area contributed by atoms with E-state index in [1.54, 1.807) is 6.07 Å². The van der Waals surface area contributed by atoms with Crippen LogP contribution in [0, 0.1) is 0 Å². The third kappa shape index (κ3) is 3.93. The number of unbranched alkanes of at least 4 members (excludes halogenated alkanes) is 1. The molecular weight excluding hydrogens is 392 g/mol. The molecule has 0 amide bonds. The highest BCUT2D eigenvalue weighted by atomic mass is 32.2. The molecule has 0 radical (unpaired) electrons. The van der Waals surface area contributed by atoms with Gasteiger partial charge >= 0.3 is 0 Å². The Hall–Kier alpha value is -3.00. The normalized spacial score (nSPS) is 13.3. The molecule has 3 aromatic rings. The van der Waals surface area contributed by atoms with E-state index in [9.17, 15) is 8.42 Å². The standard InChI is InChI=1S/C21H22N2O5S/c1-2-3-11-22-20-21(23-19(28-20)15-7-5-4-6-8-15)29(24,25)16-9-10-17-18(14-16)27-13-12-26-17/h4-10,14,22H,2-3,11-13H2,1H3. The summed E-state index contributed by atoms with van der Waals surface area (Å²) in [7, 11) is -3.93. The summed E-state index contributed by atoms with van der Waals surface area (Å²) in [5.41, 5.74) is 0.703. The van der Waals surface area contributed by atoms with Gasteiger partial charge in [-0.2, -0.15) is 4.98 Å². The van der Waals surface area contributed by atoms with Crippen molar-refractivity contribution in [2.75, 3.05) is 25.1 Å². The molecular formula is C21H22N2O5S. The predicted molar refractivity (Wildman–Crippen MR) is 108 cm³/mol. The molecule has 7 nitrogen and oxygen atoms in total. The van der Waals surface area contributed by atoms with Crippen LogP contribution in [0.5, 0.6) is 11.5 Å². The van der Waals surface area contributed by atoms with Crippen LogP contribution in [0.2, 0.25) is 0 Å². The number of ether oxygens (including phenoxy) is 2. The number of hydrogen-bond acceptors (Lipinski definition) is 7. The number of oxazole rings is 1. The van der Waals surface area contributed by atoms with E-state index in [1.165, 1.54) is 12.1 Å². The number of nitrogens with one attached hydrogen (secondary N) is 1. The van der Waals surface area contributed by atoms with E-state index in [-0.39, 0.29) is 21.7 Å². The molecule has 4 rings (SSSR count). The lowest BCUT2D eigenvalue weighted by Crippen LogP contribution is -2.16. The van der Waals surface area contributed by atoms with Gasteiger partial charge in [0.2, 0.25) is 26.6 Å². The third-order valence-electron chi connectivity index (χ3n) is 4.51. The number of aromatic nitrogens is 1. The average molecular weight is 414 g/mol. The van der Waals surface area contributed by atoms with Crippen LogP contribution in [-0.4, -0.2) is 33.2 Å². The molecule has 0 saturated carbocycles. The zero-order valence-electron chi connectivity index (χ0n) is 16.1. The van der Waals surface area contributed by atoms with Crippen molar-refractivity contribution in [2.45, 2.75) is 29.7 Å². The van der Waals surface area contributed by atoms with Gasteiger partial charge in [0.05, 0.1) is 4.90 Å². The van der Waals surface area contributed by atoms with E-state index in [2.05, 4.69) is 17.2 Å². The first-order chi connectivity index (χ1) is 14.1. The first-order valence-electron chi connectivity index (χ1n) is 9.54. The molecule has 1 aromatic heterocycles. The van der Waals surface area contributed by atoms with Gasteiger partial charge in [0.1, 0.15) is 13.2 Å². The van der Waals surface area contributed by atoms with Crippen LogP contribution in [0.4, 0.5) is 5.88 Å². The Morgan fingerprint density at radius 1 is 1.03 bits per heavy atom. The number of hydrogen-bond donors (Lipinski definition) is 1. The molecule has 2 aromatic carbocycles. The van der Waals surface area contributed by atoms with Crippen LogP contribution in [0.1, 0.15) is 19.8 Å². The summed E-state index contributed by atoms with van der Waals surface area (Å²) in [6.45, 7) is 3.46. The fraction of sp³-hybridized carbons (Fsp3) is 0.286. The topological polar surface area (TPSA) is 90.7 Å². The Bertz CT molecular complexity index is 1090. The summed E-state index contributed by atoms with van der Waals surface area (Å²) in [6, 6.07) is 13.8. The molecule has 152 valence electrons. The SMILES string of the molecule is CCCCNc1oc(-c2ccccc2)nc1S(=O)(=O)c1ccc2c(c1)OCCO2. The quantitative estimate of drug-likeness (QED) is 0.581. The first-order valence-corrected chi connectivity index (χ1v) is 11.0. The van der Waals surface area contributed by atoms with Crippen molar-refractivity contribution in [3.05, 3.63) is 48.5 Å². The molecule has 2 heterocycles. The van der Waals surface area contributed by atoms with Crippen molar-refractivity contribution < 1.29 is 22.3 Å². The fourth-order valence-electron chi connectivity index (χ4n) is 2.99. The van der Waals surface area contributed by atoms with Crippen LogP contribution in [0.25, 0.3) is 11.5 Å². The van der Waals surface area contributed by atoms with Gasteiger partial charge in [-0.3, -0.25) is 0 Å². The van der Waals surface area contributed by atoms with E-state index >= 15 is 0 Å². The van der Waals surface area contributed by atoms with Gasteiger partial charge in [0.15, 0.2) is 11.5 Å². The molecule has 1 aliphatic heterocycles. The highest BCUT2D eigenvalue weighted by Crippen LogP contribution is 2.37. The molecule has 0 atom stereocenters. The summed E-state index contributed by atoms with van der Waals surface area (Å²) >= 11 is 0. The maximum atomic E-state index is 13.4. The van der Waals surface area contributed by atoms with Crippen LogP contribution >= 0.6 is 0 Å². The number of rotatable bonds is 7. The molecule has 1 N–H and O–H groups in total. The van der Waals surface area contributed by atoms with Crippen molar-refractivity contribution >= 4 is 15.7 Å². The zero-order valence-corrected chi connectivity index (χ0v) is 16.9. The molecule has 0 bridgehead atoms. The fourth-order valence-corrected chi connectivity index (χ4v) is 4.28. The molecule has 0 fully saturated rings. The summed E-state index contributed by atoms with van der Waals surface area (Å²) in [4.78, 5) is 4.41. The Balaban J connectivity index is 1.76. The van der Waals surface area contributed by atoms with Crippen molar-refractivity contribution in [3.63, 3.8) is 0 Å². The number of anilines is 1. The number of sulfone groups is 1. The average Bonchev–Trinajstić information content (AvgIpc) is 3.19. The van der Waals surface area contributed by atoms with Crippen LogP contribution in [0.3, 0.4) is 0 Å². The second-order valence-electron chi connectivity index (χ2n) is 6.61. The lowest BCUT2D eigenvalue weighted by Gasteiger charge is -2.18. The smallest absolute Gasteiger partial charge is 0.233 e. The van der Waals surface area contributed by atoms with Crippen molar-refractivity contribution in [3.8, 4) is 23.0 Å². The lowest BCUT2D eigenvalue weighted by molar-refractivity contribution is 0.171. The van der Waals surface area contributed by atoms with E-state index in [0.29, 0.717) is 36.8 Å². The molecule has 0 aliphatic carbocycles. The highest BCUT2D eigenvalue weighted by molar-refractivity contribution is 7.91. The summed E-state index contributed by atoms with van der Waals surface area (Å²) in [5.74, 6) is 1.33. The number of benzene rings is 2. The monoisotopic (exact) mass is 414 g/mol. The van der Waals surface area contributed by atoms with E-state index in [1.807, 2.05) is 30.3 Å². The van der Waals surface area contributed by atoms with Crippen LogP contribution in [-0.2, 0) is 9.84 Å². The van der Waals surface area contributed by atoms with Gasteiger partial charge in [-0.15, -0.1) is 0 Å². The minimum Gasteiger partial charge on any atom is -0.486 e. The largest absolute Gasteiger partial charge is 0.486 e. The lowest BCUT2D eigenvalue weighted by atomic mass is 10.2. The third-order valence-corrected chi connectivity index (χ3v) is 6.17. The second kappa shape index (κ2) is 8.16. The van der Waals surface area contributed by atoms with Crippen molar-refractivity contribution in [2.24, 2.45) is 0 Å². The van der Waals surface area contributed by atoms with Gasteiger partial charge in [-0.1, -0.05) is 31.5 Å². The minimum absolute atomic E-state index is 0.0770. The molecule has 0 saturated heterocycles. The van der Waals surface area contributed by atoms with E-state index in [0.717, 1.165) is 12.8 Å². The Morgan fingerprint density at radius 2 is 1.79 bits per heavy atom.